The predicted octanol–water partition coefficient (Wildman–Crippen LogP) is 2.33. The molecule has 4 nitrogen and oxygen atoms in total. The number of nitrogens with two attached hydrogens (primary N) is 1. The van der Waals surface area contributed by atoms with E-state index in [9.17, 15) is 4.79 Å². The van der Waals surface area contributed by atoms with Crippen LogP contribution in [0.1, 0.15) is 15.9 Å². The van der Waals surface area contributed by atoms with Gasteiger partial charge in [0, 0.05) is 23.9 Å². The molecule has 0 aliphatic carbocycles. The third-order valence-corrected chi connectivity index (χ3v) is 3.49. The lowest BCUT2D eigenvalue weighted by molar-refractivity contribution is 0.103. The molecule has 0 bridgehead atoms. The van der Waals surface area contributed by atoms with Crippen LogP contribution in [-0.2, 0) is 0 Å². The van der Waals surface area contributed by atoms with E-state index in [1.807, 2.05) is 25.2 Å². The highest BCUT2D eigenvalue weighted by Crippen LogP contribution is 2.32. The van der Waals surface area contributed by atoms with E-state index in [4.69, 9.17) is 10.5 Å². The topological polar surface area (TPSA) is 55.6 Å². The number of benzene rings is 2. The van der Waals surface area contributed by atoms with Crippen LogP contribution < -0.4 is 15.4 Å². The quantitative estimate of drug-likeness (QED) is 0.671. The van der Waals surface area contributed by atoms with Gasteiger partial charge in [0.25, 0.3) is 0 Å². The maximum absolute atomic E-state index is 12.4. The standard InChI is InChI=1S/C16H16N2O2/c1-18-8-9-20-15-10-12(4-7-14(15)18)16(19)11-2-5-13(17)6-3-11/h2-7,10H,8-9,17H2,1H3. The summed E-state index contributed by atoms with van der Waals surface area (Å²) in [7, 11) is 2.02. The molecule has 0 spiro atoms. The highest BCUT2D eigenvalue weighted by Gasteiger charge is 2.17. The summed E-state index contributed by atoms with van der Waals surface area (Å²) < 4.78 is 5.63. The molecule has 0 fully saturated rings. The Kier molecular flexibility index (Phi) is 3.06. The Morgan fingerprint density at radius 3 is 2.60 bits per heavy atom. The summed E-state index contributed by atoms with van der Waals surface area (Å²) in [5.74, 6) is 0.740. The molecule has 0 saturated heterocycles. The van der Waals surface area contributed by atoms with Crippen LogP contribution in [0.25, 0.3) is 0 Å². The summed E-state index contributed by atoms with van der Waals surface area (Å²) in [6.45, 7) is 1.50. The molecule has 0 amide bonds. The molecule has 20 heavy (non-hydrogen) atoms. The van der Waals surface area contributed by atoms with Crippen molar-refractivity contribution in [1.29, 1.82) is 0 Å². The molecule has 2 aromatic rings. The second-order valence-corrected chi connectivity index (χ2v) is 4.90. The molecule has 4 heteroatoms. The summed E-state index contributed by atoms with van der Waals surface area (Å²) >= 11 is 0. The molecule has 0 radical (unpaired) electrons. The number of fused-ring (bicyclic) bond motifs is 1. The number of rotatable bonds is 2. The van der Waals surface area contributed by atoms with Gasteiger partial charge in [0.15, 0.2) is 5.78 Å². The third-order valence-electron chi connectivity index (χ3n) is 3.49. The maximum atomic E-state index is 12.4. The predicted molar refractivity (Wildman–Crippen MR) is 79.5 cm³/mol. The number of ketones is 1. The Morgan fingerprint density at radius 1 is 1.15 bits per heavy atom. The first kappa shape index (κ1) is 12.5. The van der Waals surface area contributed by atoms with Crippen LogP contribution in [0.5, 0.6) is 5.75 Å². The minimum Gasteiger partial charge on any atom is -0.490 e. The zero-order valence-corrected chi connectivity index (χ0v) is 11.3. The molecule has 102 valence electrons. The number of hydrogen-bond acceptors (Lipinski definition) is 4. The third kappa shape index (κ3) is 2.20. The molecular formula is C16H16N2O2. The fourth-order valence-electron chi connectivity index (χ4n) is 2.30. The van der Waals surface area contributed by atoms with E-state index in [0.717, 1.165) is 18.0 Å². The van der Waals surface area contributed by atoms with Crippen LogP contribution in [0.2, 0.25) is 0 Å². The van der Waals surface area contributed by atoms with Gasteiger partial charge in [-0.05, 0) is 42.5 Å². The minimum atomic E-state index is -0.0235. The zero-order valence-electron chi connectivity index (χ0n) is 11.3. The van der Waals surface area contributed by atoms with Crippen molar-refractivity contribution in [2.45, 2.75) is 0 Å². The Balaban J connectivity index is 1.94. The van der Waals surface area contributed by atoms with Gasteiger partial charge in [-0.3, -0.25) is 4.79 Å². The van der Waals surface area contributed by atoms with Gasteiger partial charge in [0.2, 0.25) is 0 Å². The van der Waals surface area contributed by atoms with Crippen molar-refractivity contribution < 1.29 is 9.53 Å². The van der Waals surface area contributed by atoms with Crippen molar-refractivity contribution >= 4 is 17.2 Å². The van der Waals surface area contributed by atoms with E-state index in [2.05, 4.69) is 4.90 Å². The number of ether oxygens (including phenoxy) is 1. The largest absolute Gasteiger partial charge is 0.490 e. The van der Waals surface area contributed by atoms with E-state index in [-0.39, 0.29) is 5.78 Å². The van der Waals surface area contributed by atoms with Gasteiger partial charge in [-0.15, -0.1) is 0 Å². The lowest BCUT2D eigenvalue weighted by Gasteiger charge is -2.27. The van der Waals surface area contributed by atoms with Gasteiger partial charge in [-0.25, -0.2) is 0 Å². The van der Waals surface area contributed by atoms with Gasteiger partial charge >= 0.3 is 0 Å². The molecule has 0 atom stereocenters. The summed E-state index contributed by atoms with van der Waals surface area (Å²) in [5, 5.41) is 0. The highest BCUT2D eigenvalue weighted by molar-refractivity contribution is 6.09. The maximum Gasteiger partial charge on any atom is 0.193 e. The number of nitrogens with zero attached hydrogens (tertiary/aromatic N) is 1. The Morgan fingerprint density at radius 2 is 1.85 bits per heavy atom. The van der Waals surface area contributed by atoms with E-state index < -0.39 is 0 Å². The minimum absolute atomic E-state index is 0.0235. The van der Waals surface area contributed by atoms with Crippen molar-refractivity contribution in [3.63, 3.8) is 0 Å². The molecule has 2 aromatic carbocycles. The second-order valence-electron chi connectivity index (χ2n) is 4.90. The van der Waals surface area contributed by atoms with E-state index in [0.29, 0.717) is 23.4 Å². The summed E-state index contributed by atoms with van der Waals surface area (Å²) in [6, 6.07) is 12.5. The smallest absolute Gasteiger partial charge is 0.193 e. The fourth-order valence-corrected chi connectivity index (χ4v) is 2.30. The number of carbonyl (C=O) groups excluding carboxylic acids is 1. The Bertz CT molecular complexity index is 650. The van der Waals surface area contributed by atoms with Crippen molar-refractivity contribution in [1.82, 2.24) is 0 Å². The van der Waals surface area contributed by atoms with Crippen LogP contribution in [0, 0.1) is 0 Å². The first-order valence-corrected chi connectivity index (χ1v) is 6.53. The van der Waals surface area contributed by atoms with Crippen LogP contribution in [-0.4, -0.2) is 26.0 Å². The number of hydrogen-bond donors (Lipinski definition) is 1. The van der Waals surface area contributed by atoms with Crippen molar-refractivity contribution in [2.24, 2.45) is 0 Å². The van der Waals surface area contributed by atoms with Crippen molar-refractivity contribution in [3.8, 4) is 5.75 Å². The lowest BCUT2D eigenvalue weighted by Crippen LogP contribution is -2.28. The average Bonchev–Trinajstić information content (AvgIpc) is 2.47. The molecular weight excluding hydrogens is 252 g/mol. The van der Waals surface area contributed by atoms with Gasteiger partial charge < -0.3 is 15.4 Å². The van der Waals surface area contributed by atoms with Crippen LogP contribution in [0.3, 0.4) is 0 Å². The number of nitrogen functional groups attached to an aromatic ring is 1. The molecule has 1 aliphatic rings. The molecule has 0 aromatic heterocycles. The molecule has 1 heterocycles. The molecule has 1 aliphatic heterocycles. The first-order chi connectivity index (χ1) is 9.65. The zero-order chi connectivity index (χ0) is 14.1. The van der Waals surface area contributed by atoms with Gasteiger partial charge in [0.1, 0.15) is 12.4 Å². The van der Waals surface area contributed by atoms with Gasteiger partial charge in [0.05, 0.1) is 12.2 Å². The average molecular weight is 268 g/mol. The summed E-state index contributed by atoms with van der Waals surface area (Å²) in [5.41, 5.74) is 8.56. The summed E-state index contributed by atoms with van der Waals surface area (Å²) in [6.07, 6.45) is 0. The Hall–Kier alpha value is -2.49. The van der Waals surface area contributed by atoms with E-state index >= 15 is 0 Å². The molecule has 3 rings (SSSR count). The number of carbonyl (C=O) groups is 1. The van der Waals surface area contributed by atoms with E-state index in [1.165, 1.54) is 0 Å². The van der Waals surface area contributed by atoms with Gasteiger partial charge in [-0.1, -0.05) is 0 Å². The normalized spacial score (nSPS) is 13.6. The number of anilines is 2. The van der Waals surface area contributed by atoms with Crippen molar-refractivity contribution in [2.75, 3.05) is 30.8 Å². The SMILES string of the molecule is CN1CCOc2cc(C(=O)c3ccc(N)cc3)ccc21. The molecule has 0 saturated carbocycles. The van der Waals surface area contributed by atoms with Gasteiger partial charge in [-0.2, -0.15) is 0 Å². The lowest BCUT2D eigenvalue weighted by atomic mass is 10.0. The summed E-state index contributed by atoms with van der Waals surface area (Å²) in [4.78, 5) is 14.5. The van der Waals surface area contributed by atoms with Crippen LogP contribution >= 0.6 is 0 Å². The highest BCUT2D eigenvalue weighted by atomic mass is 16.5. The monoisotopic (exact) mass is 268 g/mol. The second kappa shape index (κ2) is 4.89. The Labute approximate surface area is 117 Å². The van der Waals surface area contributed by atoms with Crippen molar-refractivity contribution in [3.05, 3.63) is 53.6 Å². The van der Waals surface area contributed by atoms with E-state index in [1.54, 1.807) is 24.3 Å². The van der Waals surface area contributed by atoms with Crippen LogP contribution in [0.15, 0.2) is 42.5 Å². The first-order valence-electron chi connectivity index (χ1n) is 6.53. The van der Waals surface area contributed by atoms with Crippen LogP contribution in [0.4, 0.5) is 11.4 Å². The number of likely N-dealkylation sites (N-methyl/N-ethyl adjacent to an activating group) is 1. The molecule has 2 N–H and O–H groups in total. The molecule has 0 unspecified atom stereocenters. The fraction of sp³-hybridized carbons (Fsp3) is 0.188.